The molecule has 3 aromatic rings. The largest absolute Gasteiger partial charge is 0.464 e. The fraction of sp³-hybridized carbons (Fsp3) is 0.333. The lowest BCUT2D eigenvalue weighted by molar-refractivity contribution is 0.0737. The van der Waals surface area contributed by atoms with Crippen LogP contribution in [0.25, 0.3) is 11.0 Å². The maximum absolute atomic E-state index is 12.9. The van der Waals surface area contributed by atoms with E-state index >= 15 is 0 Å². The number of hydrogen-bond acceptors (Lipinski definition) is 4. The molecule has 1 aromatic carbocycles. The molecular weight excluding hydrogens is 328 g/mol. The molecule has 1 saturated heterocycles. The number of amides is 1. The predicted octanol–water partition coefficient (Wildman–Crippen LogP) is 3.47. The smallest absolute Gasteiger partial charge is 0.255 e. The van der Waals surface area contributed by atoms with Crippen molar-refractivity contribution < 1.29 is 13.9 Å². The van der Waals surface area contributed by atoms with Gasteiger partial charge in [-0.05, 0) is 42.7 Å². The third-order valence-electron chi connectivity index (χ3n) is 4.84. The Morgan fingerprint density at radius 1 is 1.31 bits per heavy atom. The Balaban J connectivity index is 1.52. The number of rotatable bonds is 3. The fourth-order valence-electron chi connectivity index (χ4n) is 3.59. The van der Waals surface area contributed by atoms with Gasteiger partial charge in [-0.15, -0.1) is 0 Å². The Bertz CT molecular complexity index is 918. The van der Waals surface area contributed by atoms with Crippen molar-refractivity contribution in [1.82, 2.24) is 9.88 Å². The maximum Gasteiger partial charge on any atom is 0.255 e. The van der Waals surface area contributed by atoms with Crippen LogP contribution in [0.5, 0.6) is 0 Å². The second-order valence-corrected chi connectivity index (χ2v) is 6.90. The fourth-order valence-corrected chi connectivity index (χ4v) is 3.59. The third kappa shape index (κ3) is 3.48. The molecule has 1 amide bonds. The van der Waals surface area contributed by atoms with Crippen molar-refractivity contribution in [2.75, 3.05) is 26.3 Å². The van der Waals surface area contributed by atoms with Crippen LogP contribution in [0.3, 0.4) is 0 Å². The van der Waals surface area contributed by atoms with E-state index in [1.807, 2.05) is 36.1 Å². The molecular formula is C21H22N2O3. The van der Waals surface area contributed by atoms with Crippen molar-refractivity contribution in [2.45, 2.75) is 13.3 Å². The van der Waals surface area contributed by atoms with Crippen molar-refractivity contribution in [3.63, 3.8) is 0 Å². The molecule has 1 aliphatic heterocycles. The van der Waals surface area contributed by atoms with Gasteiger partial charge >= 0.3 is 0 Å². The topological polar surface area (TPSA) is 55.6 Å². The van der Waals surface area contributed by atoms with Gasteiger partial charge in [0.05, 0.1) is 25.0 Å². The summed E-state index contributed by atoms with van der Waals surface area (Å²) in [5.41, 5.74) is 3.76. The molecule has 5 heteroatoms. The summed E-state index contributed by atoms with van der Waals surface area (Å²) in [4.78, 5) is 18.9. The first-order valence-electron chi connectivity index (χ1n) is 8.94. The van der Waals surface area contributed by atoms with Crippen LogP contribution >= 0.6 is 0 Å². The van der Waals surface area contributed by atoms with E-state index in [9.17, 15) is 4.79 Å². The molecule has 0 bridgehead atoms. The normalized spacial score (nSPS) is 18.0. The summed E-state index contributed by atoms with van der Waals surface area (Å²) < 4.78 is 11.3. The molecule has 26 heavy (non-hydrogen) atoms. The van der Waals surface area contributed by atoms with Crippen LogP contribution < -0.4 is 0 Å². The number of benzene rings is 1. The highest BCUT2D eigenvalue weighted by atomic mass is 16.5. The quantitative estimate of drug-likeness (QED) is 0.726. The first-order chi connectivity index (χ1) is 12.7. The van der Waals surface area contributed by atoms with E-state index in [2.05, 4.69) is 11.1 Å². The molecule has 0 saturated carbocycles. The number of nitrogens with zero attached hydrogens (tertiary/aromatic N) is 2. The number of fused-ring (bicyclic) bond motifs is 1. The second-order valence-electron chi connectivity index (χ2n) is 6.90. The van der Waals surface area contributed by atoms with Gasteiger partial charge in [0.15, 0.2) is 0 Å². The second kappa shape index (κ2) is 7.30. The van der Waals surface area contributed by atoms with E-state index in [1.54, 1.807) is 18.7 Å². The third-order valence-corrected chi connectivity index (χ3v) is 4.84. The minimum atomic E-state index is 0.0261. The zero-order valence-corrected chi connectivity index (χ0v) is 14.9. The Labute approximate surface area is 152 Å². The number of hydrogen-bond donors (Lipinski definition) is 0. The molecule has 3 heterocycles. The lowest BCUT2D eigenvalue weighted by Crippen LogP contribution is -2.36. The van der Waals surface area contributed by atoms with E-state index in [-0.39, 0.29) is 11.8 Å². The molecule has 134 valence electrons. The molecule has 0 radical (unpaired) electrons. The van der Waals surface area contributed by atoms with Gasteiger partial charge in [-0.2, -0.15) is 0 Å². The van der Waals surface area contributed by atoms with Gasteiger partial charge in [0.25, 0.3) is 5.91 Å². The maximum atomic E-state index is 12.9. The van der Waals surface area contributed by atoms with Crippen LogP contribution in [0, 0.1) is 12.8 Å². The molecule has 1 unspecified atom stereocenters. The number of carbonyl (C=O) groups is 1. The summed E-state index contributed by atoms with van der Waals surface area (Å²) in [6, 6.07) is 10.0. The number of aromatic nitrogens is 1. The molecule has 0 N–H and O–H groups in total. The summed E-state index contributed by atoms with van der Waals surface area (Å²) in [7, 11) is 0. The Kier molecular flexibility index (Phi) is 4.71. The minimum absolute atomic E-state index is 0.0261. The average molecular weight is 350 g/mol. The van der Waals surface area contributed by atoms with Gasteiger partial charge in [0, 0.05) is 36.8 Å². The summed E-state index contributed by atoms with van der Waals surface area (Å²) >= 11 is 0. The highest BCUT2D eigenvalue weighted by Crippen LogP contribution is 2.24. The molecule has 1 atom stereocenters. The average Bonchev–Trinajstić information content (AvgIpc) is 3.01. The molecule has 5 nitrogen and oxygen atoms in total. The Morgan fingerprint density at radius 3 is 3.12 bits per heavy atom. The molecule has 1 fully saturated rings. The first-order valence-corrected chi connectivity index (χ1v) is 8.94. The van der Waals surface area contributed by atoms with Crippen molar-refractivity contribution in [3.05, 3.63) is 65.7 Å². The van der Waals surface area contributed by atoms with Crippen LogP contribution in [0.15, 0.2) is 53.4 Å². The van der Waals surface area contributed by atoms with E-state index in [0.29, 0.717) is 31.9 Å². The van der Waals surface area contributed by atoms with Crippen LogP contribution in [0.4, 0.5) is 0 Å². The lowest BCUT2D eigenvalue weighted by atomic mass is 9.97. The molecule has 0 spiro atoms. The van der Waals surface area contributed by atoms with Crippen LogP contribution in [-0.2, 0) is 11.2 Å². The predicted molar refractivity (Wildman–Crippen MR) is 99.1 cm³/mol. The number of pyridine rings is 1. The van der Waals surface area contributed by atoms with Crippen LogP contribution in [-0.4, -0.2) is 42.1 Å². The number of aryl methyl sites for hydroxylation is 1. The van der Waals surface area contributed by atoms with E-state index in [1.165, 1.54) is 5.56 Å². The Hall–Kier alpha value is -2.66. The van der Waals surface area contributed by atoms with Gasteiger partial charge in [-0.25, -0.2) is 0 Å². The van der Waals surface area contributed by atoms with Gasteiger partial charge in [-0.1, -0.05) is 12.1 Å². The SMILES string of the molecule is Cc1cncc(C(=O)N2CCOCC(Cc3cccc4occc34)C2)c1. The van der Waals surface area contributed by atoms with E-state index in [0.717, 1.165) is 23.0 Å². The van der Waals surface area contributed by atoms with E-state index in [4.69, 9.17) is 9.15 Å². The van der Waals surface area contributed by atoms with Crippen LogP contribution in [0.2, 0.25) is 0 Å². The van der Waals surface area contributed by atoms with Gasteiger partial charge in [0.2, 0.25) is 0 Å². The number of furan rings is 1. The summed E-state index contributed by atoms with van der Waals surface area (Å²) in [5.74, 6) is 0.276. The van der Waals surface area contributed by atoms with E-state index < -0.39 is 0 Å². The zero-order chi connectivity index (χ0) is 17.9. The van der Waals surface area contributed by atoms with Gasteiger partial charge < -0.3 is 14.1 Å². The van der Waals surface area contributed by atoms with Gasteiger partial charge in [0.1, 0.15) is 5.58 Å². The zero-order valence-electron chi connectivity index (χ0n) is 14.9. The van der Waals surface area contributed by atoms with Crippen LogP contribution in [0.1, 0.15) is 21.5 Å². The van der Waals surface area contributed by atoms with Crippen molar-refractivity contribution in [3.8, 4) is 0 Å². The molecule has 2 aromatic heterocycles. The molecule has 4 rings (SSSR count). The molecule has 1 aliphatic rings. The van der Waals surface area contributed by atoms with Crippen molar-refractivity contribution >= 4 is 16.9 Å². The highest BCUT2D eigenvalue weighted by molar-refractivity contribution is 5.94. The minimum Gasteiger partial charge on any atom is -0.464 e. The standard InChI is InChI=1S/C21H22N2O3/c1-15-9-18(12-22-11-15)21(24)23-6-8-25-14-16(13-23)10-17-3-2-4-20-19(17)5-7-26-20/h2-5,7,9,11-12,16H,6,8,10,13-14H2,1H3. The molecule has 0 aliphatic carbocycles. The summed E-state index contributed by atoms with van der Waals surface area (Å²) in [6.45, 7) is 4.46. The van der Waals surface area contributed by atoms with Crippen molar-refractivity contribution in [1.29, 1.82) is 0 Å². The monoisotopic (exact) mass is 350 g/mol. The number of ether oxygens (including phenoxy) is 1. The Morgan fingerprint density at radius 2 is 2.23 bits per heavy atom. The summed E-state index contributed by atoms with van der Waals surface area (Å²) in [5, 5.41) is 1.14. The van der Waals surface area contributed by atoms with Crippen molar-refractivity contribution in [2.24, 2.45) is 5.92 Å². The first kappa shape index (κ1) is 16.8. The lowest BCUT2D eigenvalue weighted by Gasteiger charge is -2.24. The highest BCUT2D eigenvalue weighted by Gasteiger charge is 2.24. The van der Waals surface area contributed by atoms with Gasteiger partial charge in [-0.3, -0.25) is 9.78 Å². The number of carbonyl (C=O) groups excluding carboxylic acids is 1. The summed E-state index contributed by atoms with van der Waals surface area (Å²) in [6.07, 6.45) is 5.98.